The number of nitro benzene ring substituents is 1. The molecule has 0 unspecified atom stereocenters. The van der Waals surface area contributed by atoms with Gasteiger partial charge in [0.1, 0.15) is 5.69 Å². The number of benzene rings is 2. The Hall–Kier alpha value is -3.50. The van der Waals surface area contributed by atoms with Crippen molar-refractivity contribution in [1.82, 2.24) is 0 Å². The summed E-state index contributed by atoms with van der Waals surface area (Å²) in [4.78, 5) is 22.3. The minimum Gasteiger partial charge on any atom is -0.490 e. The maximum Gasteiger partial charge on any atom is 0.416 e. The fraction of sp³-hybridized carbons (Fsp3) is 0.316. The minimum absolute atomic E-state index is 0.0113. The van der Waals surface area contributed by atoms with Crippen LogP contribution in [0.1, 0.15) is 18.4 Å². The van der Waals surface area contributed by atoms with Crippen molar-refractivity contribution in [1.29, 1.82) is 0 Å². The molecule has 1 heterocycles. The van der Waals surface area contributed by atoms with Crippen LogP contribution in [-0.2, 0) is 11.0 Å². The molecule has 2 aromatic carbocycles. The second-order valence-electron chi connectivity index (χ2n) is 6.42. The summed E-state index contributed by atoms with van der Waals surface area (Å²) < 4.78 is 49.3. The lowest BCUT2D eigenvalue weighted by Gasteiger charge is -2.12. The Morgan fingerprint density at radius 1 is 1.10 bits per heavy atom. The highest BCUT2D eigenvalue weighted by Gasteiger charge is 2.33. The molecular formula is C19H18F3N3O5. The zero-order valence-electron chi connectivity index (χ0n) is 15.6. The Kier molecular flexibility index (Phi) is 6.28. The highest BCUT2D eigenvalue weighted by atomic mass is 19.4. The van der Waals surface area contributed by atoms with Gasteiger partial charge >= 0.3 is 6.18 Å². The minimum atomic E-state index is -4.69. The molecular weight excluding hydrogens is 407 g/mol. The van der Waals surface area contributed by atoms with Crippen LogP contribution in [0.25, 0.3) is 0 Å². The van der Waals surface area contributed by atoms with Crippen molar-refractivity contribution < 1.29 is 32.4 Å². The maximum atomic E-state index is 12.7. The third-order valence-electron chi connectivity index (χ3n) is 4.22. The van der Waals surface area contributed by atoms with E-state index < -0.39 is 22.4 Å². The number of amides is 1. The first-order valence-electron chi connectivity index (χ1n) is 9.03. The van der Waals surface area contributed by atoms with Crippen molar-refractivity contribution >= 4 is 23.0 Å². The van der Waals surface area contributed by atoms with Crippen LogP contribution in [-0.4, -0.2) is 30.6 Å². The number of fused-ring (bicyclic) bond motifs is 1. The molecule has 0 spiro atoms. The van der Waals surface area contributed by atoms with Gasteiger partial charge in [-0.1, -0.05) is 0 Å². The third kappa shape index (κ3) is 5.31. The lowest BCUT2D eigenvalue weighted by molar-refractivity contribution is -0.384. The van der Waals surface area contributed by atoms with Gasteiger partial charge in [0.15, 0.2) is 11.5 Å². The molecule has 0 aliphatic carbocycles. The van der Waals surface area contributed by atoms with Crippen molar-refractivity contribution in [3.8, 4) is 11.5 Å². The molecule has 0 saturated heterocycles. The summed E-state index contributed by atoms with van der Waals surface area (Å²) in [6.45, 7) is 1.03. The van der Waals surface area contributed by atoms with Crippen molar-refractivity contribution in [2.75, 3.05) is 30.4 Å². The molecule has 0 saturated carbocycles. The normalized spacial score (nSPS) is 13.3. The Morgan fingerprint density at radius 3 is 2.53 bits per heavy atom. The number of nitro groups is 1. The lowest BCUT2D eigenvalue weighted by Crippen LogP contribution is -2.17. The number of carbonyl (C=O) groups is 1. The molecule has 1 aliphatic heterocycles. The maximum absolute atomic E-state index is 12.7. The van der Waals surface area contributed by atoms with Gasteiger partial charge in [-0.25, -0.2) is 0 Å². The number of halogens is 3. The predicted molar refractivity (Wildman–Crippen MR) is 102 cm³/mol. The number of nitrogens with one attached hydrogen (secondary N) is 2. The van der Waals surface area contributed by atoms with Gasteiger partial charge in [-0.15, -0.1) is 0 Å². The van der Waals surface area contributed by atoms with Gasteiger partial charge in [0.25, 0.3) is 5.69 Å². The third-order valence-corrected chi connectivity index (χ3v) is 4.22. The Balaban J connectivity index is 1.58. The molecule has 0 fully saturated rings. The smallest absolute Gasteiger partial charge is 0.416 e. The highest BCUT2D eigenvalue weighted by Crippen LogP contribution is 2.35. The monoisotopic (exact) mass is 425 g/mol. The molecule has 8 nitrogen and oxygen atoms in total. The summed E-state index contributed by atoms with van der Waals surface area (Å²) in [5, 5.41) is 16.4. The quantitative estimate of drug-likeness (QED) is 0.531. The van der Waals surface area contributed by atoms with E-state index in [4.69, 9.17) is 9.47 Å². The Morgan fingerprint density at radius 2 is 1.83 bits per heavy atom. The van der Waals surface area contributed by atoms with Gasteiger partial charge in [0.05, 0.1) is 23.7 Å². The van der Waals surface area contributed by atoms with E-state index in [1.54, 1.807) is 18.2 Å². The second kappa shape index (κ2) is 8.89. The van der Waals surface area contributed by atoms with E-state index in [9.17, 15) is 28.1 Å². The number of ether oxygens (including phenoxy) is 2. The summed E-state index contributed by atoms with van der Waals surface area (Å²) >= 11 is 0. The number of hydrogen-bond acceptors (Lipinski definition) is 6. The highest BCUT2D eigenvalue weighted by molar-refractivity contribution is 5.91. The first kappa shape index (κ1) is 21.2. The molecule has 1 amide bonds. The fourth-order valence-corrected chi connectivity index (χ4v) is 2.78. The van der Waals surface area contributed by atoms with Crippen LogP contribution in [0.2, 0.25) is 0 Å². The number of anilines is 2. The van der Waals surface area contributed by atoms with Crippen molar-refractivity contribution in [2.45, 2.75) is 19.0 Å². The first-order valence-corrected chi connectivity index (χ1v) is 9.03. The summed E-state index contributed by atoms with van der Waals surface area (Å²) in [5.74, 6) is 0.720. The Labute approximate surface area is 169 Å². The number of nitrogens with zero attached hydrogens (tertiary/aromatic N) is 1. The SMILES string of the molecule is O=C(CCNc1ccc(C(F)(F)F)cc1[N+](=O)[O-])Nc1ccc2c(c1)OCCCO2. The van der Waals surface area contributed by atoms with E-state index in [0.29, 0.717) is 36.5 Å². The molecule has 2 N–H and O–H groups in total. The van der Waals surface area contributed by atoms with E-state index in [0.717, 1.165) is 18.6 Å². The van der Waals surface area contributed by atoms with Crippen LogP contribution in [0, 0.1) is 10.1 Å². The van der Waals surface area contributed by atoms with Gasteiger partial charge < -0.3 is 20.1 Å². The summed E-state index contributed by atoms with van der Waals surface area (Å²) in [6.07, 6.45) is -4.00. The predicted octanol–water partition coefficient (Wildman–Crippen LogP) is 4.22. The van der Waals surface area contributed by atoms with Crippen LogP contribution in [0.5, 0.6) is 11.5 Å². The van der Waals surface area contributed by atoms with Crippen LogP contribution >= 0.6 is 0 Å². The summed E-state index contributed by atoms with van der Waals surface area (Å²) in [6, 6.07) is 7.14. The summed E-state index contributed by atoms with van der Waals surface area (Å²) in [7, 11) is 0. The number of carbonyl (C=O) groups excluding carboxylic acids is 1. The van der Waals surface area contributed by atoms with Gasteiger partial charge in [0, 0.05) is 37.2 Å². The molecule has 0 radical (unpaired) electrons. The average Bonchev–Trinajstić information content (AvgIpc) is 2.92. The zero-order valence-corrected chi connectivity index (χ0v) is 15.6. The van der Waals surface area contributed by atoms with Crippen LogP contribution in [0.3, 0.4) is 0 Å². The van der Waals surface area contributed by atoms with Crippen LogP contribution < -0.4 is 20.1 Å². The van der Waals surface area contributed by atoms with Gasteiger partial charge in [-0.2, -0.15) is 13.2 Å². The molecule has 0 atom stereocenters. The van der Waals surface area contributed by atoms with Gasteiger partial charge in [-0.3, -0.25) is 14.9 Å². The Bertz CT molecular complexity index is 949. The number of hydrogen-bond donors (Lipinski definition) is 2. The largest absolute Gasteiger partial charge is 0.490 e. The van der Waals surface area contributed by atoms with E-state index >= 15 is 0 Å². The van der Waals surface area contributed by atoms with Crippen molar-refractivity contribution in [3.63, 3.8) is 0 Å². The molecule has 0 bridgehead atoms. The average molecular weight is 425 g/mol. The van der Waals surface area contributed by atoms with E-state index in [-0.39, 0.29) is 24.6 Å². The topological polar surface area (TPSA) is 103 Å². The summed E-state index contributed by atoms with van der Waals surface area (Å²) in [5.41, 5.74) is -1.44. The molecule has 160 valence electrons. The molecule has 1 aliphatic rings. The standard InChI is InChI=1S/C19H18F3N3O5/c20-19(21,22)12-2-4-14(15(10-12)25(27)28)23-7-6-18(26)24-13-3-5-16-17(11-13)30-9-1-8-29-16/h2-5,10-11,23H,1,6-9H2,(H,24,26). The van der Waals surface area contributed by atoms with E-state index in [1.165, 1.54) is 0 Å². The molecule has 0 aromatic heterocycles. The van der Waals surface area contributed by atoms with Crippen molar-refractivity contribution in [3.05, 3.63) is 52.1 Å². The molecule has 3 rings (SSSR count). The molecule has 11 heteroatoms. The van der Waals surface area contributed by atoms with Gasteiger partial charge in [0.2, 0.25) is 5.91 Å². The van der Waals surface area contributed by atoms with Crippen molar-refractivity contribution in [2.24, 2.45) is 0 Å². The number of alkyl halides is 3. The lowest BCUT2D eigenvalue weighted by atomic mass is 10.1. The van der Waals surface area contributed by atoms with E-state index in [1.807, 2.05) is 0 Å². The van der Waals surface area contributed by atoms with E-state index in [2.05, 4.69) is 10.6 Å². The second-order valence-corrected chi connectivity index (χ2v) is 6.42. The van der Waals surface area contributed by atoms with Crippen LogP contribution in [0.4, 0.5) is 30.2 Å². The molecule has 30 heavy (non-hydrogen) atoms. The zero-order chi connectivity index (χ0) is 21.7. The molecule has 2 aromatic rings. The fourth-order valence-electron chi connectivity index (χ4n) is 2.78. The van der Waals surface area contributed by atoms with Crippen LogP contribution in [0.15, 0.2) is 36.4 Å². The number of rotatable bonds is 6. The first-order chi connectivity index (χ1) is 14.2. The van der Waals surface area contributed by atoms with Gasteiger partial charge in [-0.05, 0) is 24.3 Å².